The average Bonchev–Trinajstić information content (AvgIpc) is 3.69. The normalized spacial score (nSPS) is 58.4. The fraction of sp³-hybridized carbons (Fsp3) is 0.956. The molecule has 0 aromatic rings. The van der Waals surface area contributed by atoms with Crippen LogP contribution in [0.5, 0.6) is 0 Å². The van der Waals surface area contributed by atoms with Gasteiger partial charge in [0.2, 0.25) is 0 Å². The number of hydrogen-bond acceptors (Lipinski definition) is 16. The topological polar surface area (TPSA) is 238 Å². The van der Waals surface area contributed by atoms with Gasteiger partial charge >= 0.3 is 0 Å². The van der Waals surface area contributed by atoms with Crippen molar-refractivity contribution in [3.05, 3.63) is 11.6 Å². The number of nitrogens with one attached hydrogen (secondary N) is 1. The Morgan fingerprint density at radius 3 is 1.97 bits per heavy atom. The lowest BCUT2D eigenvalue weighted by atomic mass is 9.47. The van der Waals surface area contributed by atoms with Crippen LogP contribution >= 0.6 is 0 Å². The first kappa shape index (κ1) is 45.3. The molecule has 9 rings (SSSR count). The highest BCUT2D eigenvalue weighted by atomic mass is 16.8. The molecule has 348 valence electrons. The highest BCUT2D eigenvalue weighted by molar-refractivity contribution is 5.26. The van der Waals surface area contributed by atoms with Crippen LogP contribution in [0.15, 0.2) is 11.6 Å². The molecule has 26 atom stereocenters. The Morgan fingerprint density at radius 1 is 0.705 bits per heavy atom. The molecule has 4 aliphatic carbocycles. The zero-order chi connectivity index (χ0) is 43.5. The Morgan fingerprint density at radius 2 is 1.34 bits per heavy atom. The number of fused-ring (bicyclic) bond motifs is 7. The molecule has 1 spiro atoms. The maximum Gasteiger partial charge on any atom is 0.187 e. The molecule has 3 saturated carbocycles. The molecule has 0 unspecified atom stereocenters. The lowest BCUT2D eigenvalue weighted by Gasteiger charge is -2.59. The third-order valence-electron chi connectivity index (χ3n) is 17.9. The van der Waals surface area contributed by atoms with Gasteiger partial charge in [-0.1, -0.05) is 39.3 Å². The number of ether oxygens (including phenoxy) is 7. The summed E-state index contributed by atoms with van der Waals surface area (Å²) in [5, 5.41) is 90.0. The molecule has 0 bridgehead atoms. The maximum absolute atomic E-state index is 12.0. The molecule has 8 fully saturated rings. The monoisotopic (exact) mass is 867 g/mol. The van der Waals surface area contributed by atoms with Crippen LogP contribution < -0.4 is 5.32 Å². The highest BCUT2D eigenvalue weighted by Crippen LogP contribution is 2.70. The first-order valence-corrected chi connectivity index (χ1v) is 23.3. The second-order valence-electron chi connectivity index (χ2n) is 21.2. The van der Waals surface area contributed by atoms with E-state index in [1.165, 1.54) is 38.7 Å². The summed E-state index contributed by atoms with van der Waals surface area (Å²) in [6.45, 7) is 13.1. The minimum Gasteiger partial charge on any atom is -0.394 e. The molecule has 0 aromatic heterocycles. The van der Waals surface area contributed by atoms with E-state index in [-0.39, 0.29) is 22.7 Å². The summed E-state index contributed by atoms with van der Waals surface area (Å²) < 4.78 is 43.6. The quantitative estimate of drug-likeness (QED) is 0.161. The number of allylic oxidation sites excluding steroid dienone is 1. The summed E-state index contributed by atoms with van der Waals surface area (Å²) in [6, 6.07) is 0. The fourth-order valence-corrected chi connectivity index (χ4v) is 14.2. The fourth-order valence-electron chi connectivity index (χ4n) is 14.2. The van der Waals surface area contributed by atoms with Gasteiger partial charge < -0.3 is 74.0 Å². The van der Waals surface area contributed by atoms with Crippen LogP contribution in [-0.4, -0.2) is 164 Å². The Bertz CT molecular complexity index is 1600. The van der Waals surface area contributed by atoms with Gasteiger partial charge in [0.1, 0.15) is 66.8 Å². The first-order chi connectivity index (χ1) is 28.9. The Labute approximate surface area is 359 Å². The molecule has 5 aliphatic heterocycles. The molecule has 5 saturated heterocycles. The third-order valence-corrected chi connectivity index (χ3v) is 17.9. The lowest BCUT2D eigenvalue weighted by molar-refractivity contribution is -0.387. The van der Waals surface area contributed by atoms with Gasteiger partial charge in [0.25, 0.3) is 0 Å². The predicted octanol–water partition coefficient (Wildman–Crippen LogP) is 0.815. The molecule has 9 aliphatic rings. The van der Waals surface area contributed by atoms with Crippen LogP contribution in [0.25, 0.3) is 0 Å². The second-order valence-corrected chi connectivity index (χ2v) is 21.2. The van der Waals surface area contributed by atoms with Crippen molar-refractivity contribution in [1.29, 1.82) is 0 Å². The van der Waals surface area contributed by atoms with Crippen molar-refractivity contribution in [2.45, 2.75) is 209 Å². The minimum absolute atomic E-state index is 0.00743. The van der Waals surface area contributed by atoms with E-state index in [4.69, 9.17) is 33.2 Å². The van der Waals surface area contributed by atoms with E-state index >= 15 is 0 Å². The van der Waals surface area contributed by atoms with Crippen molar-refractivity contribution in [1.82, 2.24) is 5.32 Å². The van der Waals surface area contributed by atoms with Crippen LogP contribution in [-0.2, 0) is 33.2 Å². The van der Waals surface area contributed by atoms with Crippen molar-refractivity contribution < 1.29 is 74.0 Å². The SMILES string of the molecule is C[C@@H]1CC[C@@]2(NC1)O[C@H]1C[C@H]3[C@@H]4CC=C5C[C@@H](O[C@@H]6O[C@H](CO)[C@@H](O[C@@H]7O[C@@H](C)[C@H](O)[C@@H](O)[C@H]7O)[C@@H](O[C@@H]7O[C@@H](C)[C@H](O)[C@@H](O)[C@H]7O)[C@H]6O)CC[C@]5(C)[C@H]4CC[C@]3(C)[C@H]1[C@@H]2C. The van der Waals surface area contributed by atoms with Gasteiger partial charge in [0, 0.05) is 12.5 Å². The number of rotatable bonds is 7. The molecule has 61 heavy (non-hydrogen) atoms. The van der Waals surface area contributed by atoms with Gasteiger partial charge in [-0.2, -0.15) is 0 Å². The molecular formula is C45H73NO15. The summed E-state index contributed by atoms with van der Waals surface area (Å²) in [5.74, 6) is 3.46. The number of piperidine rings is 1. The molecule has 16 heteroatoms. The third kappa shape index (κ3) is 7.42. The van der Waals surface area contributed by atoms with Crippen LogP contribution in [0.3, 0.4) is 0 Å². The molecule has 0 radical (unpaired) electrons. The van der Waals surface area contributed by atoms with Gasteiger partial charge in [-0.15, -0.1) is 0 Å². The Hall–Kier alpha value is -0.900. The molecule has 9 N–H and O–H groups in total. The van der Waals surface area contributed by atoms with E-state index in [9.17, 15) is 40.9 Å². The summed E-state index contributed by atoms with van der Waals surface area (Å²) in [5.41, 5.74) is 1.44. The molecule has 0 aromatic carbocycles. The minimum atomic E-state index is -1.73. The summed E-state index contributed by atoms with van der Waals surface area (Å²) in [7, 11) is 0. The van der Waals surface area contributed by atoms with Crippen LogP contribution in [0.2, 0.25) is 0 Å². The molecule has 5 heterocycles. The second kappa shape index (κ2) is 16.8. The number of aliphatic hydroxyl groups is 8. The van der Waals surface area contributed by atoms with Crippen molar-refractivity contribution in [2.24, 2.45) is 46.3 Å². The van der Waals surface area contributed by atoms with Crippen molar-refractivity contribution in [3.63, 3.8) is 0 Å². The van der Waals surface area contributed by atoms with Gasteiger partial charge in [0.15, 0.2) is 18.9 Å². The summed E-state index contributed by atoms with van der Waals surface area (Å²) in [4.78, 5) is 0. The predicted molar refractivity (Wildman–Crippen MR) is 215 cm³/mol. The lowest BCUT2D eigenvalue weighted by Crippen LogP contribution is -2.67. The Balaban J connectivity index is 0.905. The van der Waals surface area contributed by atoms with E-state index in [1.54, 1.807) is 0 Å². The van der Waals surface area contributed by atoms with E-state index in [0.29, 0.717) is 54.5 Å². The number of hydrogen-bond donors (Lipinski definition) is 9. The average molecular weight is 868 g/mol. The number of aliphatic hydroxyl groups excluding tert-OH is 8. The smallest absolute Gasteiger partial charge is 0.187 e. The van der Waals surface area contributed by atoms with Crippen molar-refractivity contribution >= 4 is 0 Å². The maximum atomic E-state index is 12.0. The largest absolute Gasteiger partial charge is 0.394 e. The van der Waals surface area contributed by atoms with E-state index in [2.05, 4.69) is 39.1 Å². The van der Waals surface area contributed by atoms with Gasteiger partial charge in [-0.25, -0.2) is 0 Å². The van der Waals surface area contributed by atoms with Crippen molar-refractivity contribution in [3.8, 4) is 0 Å². The Kier molecular flexibility index (Phi) is 12.4. The van der Waals surface area contributed by atoms with Gasteiger partial charge in [0.05, 0.1) is 31.0 Å². The molecular weight excluding hydrogens is 794 g/mol. The summed E-state index contributed by atoms with van der Waals surface area (Å²) >= 11 is 0. The first-order valence-electron chi connectivity index (χ1n) is 23.3. The zero-order valence-corrected chi connectivity index (χ0v) is 36.6. The molecule has 0 amide bonds. The van der Waals surface area contributed by atoms with Gasteiger partial charge in [-0.3, -0.25) is 5.32 Å². The van der Waals surface area contributed by atoms with Crippen LogP contribution in [0, 0.1) is 46.3 Å². The van der Waals surface area contributed by atoms with E-state index in [1.807, 2.05) is 0 Å². The van der Waals surface area contributed by atoms with Crippen LogP contribution in [0.4, 0.5) is 0 Å². The molecule has 16 nitrogen and oxygen atoms in total. The van der Waals surface area contributed by atoms with Crippen LogP contribution in [0.1, 0.15) is 99.3 Å². The van der Waals surface area contributed by atoms with E-state index < -0.39 is 98.7 Å². The standard InChI is InChI=1S/C45H73NO15/c1-19-9-14-45(46-17-19)20(2)30-28(61-45)16-27-25-8-7-23-15-24(10-12-43(23,5)26(25)11-13-44(27,30)6)57-42-37(54)39(60-41-36(53)34(51)32(49)22(4)56-41)38(29(18-47)58-42)59-40-35(52)33(50)31(48)21(3)55-40/h7,19-22,24-42,46-54H,8-18H2,1-6H3/t19-,20+,21+,22+,24+,25-,26+,27+,28+,29-,30+,31+,32+,33-,34-,35-,36-,37-,38-,39+,40+,41+,42-,43+,44+,45-/m1/s1. The summed E-state index contributed by atoms with van der Waals surface area (Å²) in [6.07, 6.45) is -10.0. The zero-order valence-electron chi connectivity index (χ0n) is 36.6. The van der Waals surface area contributed by atoms with Crippen molar-refractivity contribution in [2.75, 3.05) is 13.2 Å². The van der Waals surface area contributed by atoms with Gasteiger partial charge in [-0.05, 0) is 112 Å². The van der Waals surface area contributed by atoms with E-state index in [0.717, 1.165) is 32.2 Å². The highest BCUT2D eigenvalue weighted by Gasteiger charge is 2.68.